The number of fused-ring (bicyclic) bond motifs is 4. The van der Waals surface area contributed by atoms with Crippen LogP contribution in [0.5, 0.6) is 0 Å². The van der Waals surface area contributed by atoms with Crippen LogP contribution >= 0.6 is 22.6 Å². The first-order valence-corrected chi connectivity index (χ1v) is 18.5. The molecule has 0 fully saturated rings. The van der Waals surface area contributed by atoms with E-state index in [2.05, 4.69) is 191 Å². The fourth-order valence-corrected chi connectivity index (χ4v) is 7.63. The molecule has 3 heterocycles. The lowest BCUT2D eigenvalue weighted by Gasteiger charge is -2.16. The maximum atomic E-state index is 5.77. The summed E-state index contributed by atoms with van der Waals surface area (Å²) >= 11 is 2.33. The number of para-hydroxylation sites is 3. The summed E-state index contributed by atoms with van der Waals surface area (Å²) in [4.78, 5) is 15.4. The zero-order valence-corrected chi connectivity index (χ0v) is 31.3. The third-order valence-corrected chi connectivity index (χ3v) is 10.5. The fourth-order valence-electron chi connectivity index (χ4n) is 7.27. The van der Waals surface area contributed by atoms with Crippen LogP contribution in [0.25, 0.3) is 84.3 Å². The van der Waals surface area contributed by atoms with Gasteiger partial charge >= 0.3 is 0 Å². The van der Waals surface area contributed by atoms with Gasteiger partial charge in [-0.25, -0.2) is 15.0 Å². The highest BCUT2D eigenvalue weighted by Gasteiger charge is 2.20. The number of aromatic nitrogens is 5. The summed E-state index contributed by atoms with van der Waals surface area (Å²) in [6.07, 6.45) is 9.56. The largest absolute Gasteiger partial charge is 0.309 e. The molecule has 0 saturated heterocycles. The quantitative estimate of drug-likeness (QED) is 0.124. The number of hydrogen-bond donors (Lipinski definition) is 0. The SMILES string of the molecule is C#C/C=C\c1c(C)c2ccccc2n1-c1cc(-c2nc(-c3ccc(C)cc3)nc(-c3ccc(I)cc3)n2)cc(-n2c3ccccc3c3ccccc32)c1. The highest BCUT2D eigenvalue weighted by atomic mass is 127. The molecule has 252 valence electrons. The third-order valence-electron chi connectivity index (χ3n) is 9.82. The smallest absolute Gasteiger partial charge is 0.164 e. The van der Waals surface area contributed by atoms with Crippen LogP contribution in [0.1, 0.15) is 16.8 Å². The molecule has 9 rings (SSSR count). The summed E-state index contributed by atoms with van der Waals surface area (Å²) in [6.45, 7) is 4.24. The minimum Gasteiger partial charge on any atom is -0.309 e. The van der Waals surface area contributed by atoms with E-state index in [9.17, 15) is 0 Å². The summed E-state index contributed by atoms with van der Waals surface area (Å²) < 4.78 is 5.78. The second kappa shape index (κ2) is 13.4. The fraction of sp³-hybridized carbons (Fsp3) is 0.0426. The summed E-state index contributed by atoms with van der Waals surface area (Å²) in [5, 5.41) is 3.55. The highest BCUT2D eigenvalue weighted by Crippen LogP contribution is 2.37. The Bertz CT molecular complexity index is 2810. The summed E-state index contributed by atoms with van der Waals surface area (Å²) in [7, 11) is 0. The first kappa shape index (κ1) is 32.6. The lowest BCUT2D eigenvalue weighted by molar-refractivity contribution is 1.06. The Morgan fingerprint density at radius 3 is 1.58 bits per heavy atom. The molecule has 0 N–H and O–H groups in total. The van der Waals surface area contributed by atoms with Crippen molar-refractivity contribution in [3.8, 4) is 57.9 Å². The van der Waals surface area contributed by atoms with Crippen LogP contribution in [0.2, 0.25) is 0 Å². The molecule has 0 aliphatic carbocycles. The van der Waals surface area contributed by atoms with Crippen molar-refractivity contribution in [3.05, 3.63) is 166 Å². The predicted molar refractivity (Wildman–Crippen MR) is 227 cm³/mol. The highest BCUT2D eigenvalue weighted by molar-refractivity contribution is 14.1. The predicted octanol–water partition coefficient (Wildman–Crippen LogP) is 11.8. The second-order valence-electron chi connectivity index (χ2n) is 13.1. The van der Waals surface area contributed by atoms with Crippen molar-refractivity contribution in [3.63, 3.8) is 0 Å². The number of terminal acetylenes is 1. The molecule has 5 nitrogen and oxygen atoms in total. The van der Waals surface area contributed by atoms with Crippen LogP contribution in [0.15, 0.2) is 146 Å². The van der Waals surface area contributed by atoms with Crippen LogP contribution in [0.3, 0.4) is 0 Å². The Labute approximate surface area is 321 Å². The van der Waals surface area contributed by atoms with Crippen LogP contribution in [-0.2, 0) is 0 Å². The molecule has 0 atom stereocenters. The van der Waals surface area contributed by atoms with E-state index in [1.807, 2.05) is 6.08 Å². The van der Waals surface area contributed by atoms with Gasteiger partial charge in [-0.2, -0.15) is 0 Å². The topological polar surface area (TPSA) is 48.5 Å². The molecule has 0 amide bonds. The second-order valence-corrected chi connectivity index (χ2v) is 14.4. The molecule has 9 aromatic rings. The van der Waals surface area contributed by atoms with Crippen molar-refractivity contribution >= 4 is 61.4 Å². The van der Waals surface area contributed by atoms with Gasteiger partial charge in [0, 0.05) is 47.8 Å². The third kappa shape index (κ3) is 5.80. The molecule has 0 radical (unpaired) electrons. The average molecular weight is 794 g/mol. The zero-order valence-electron chi connectivity index (χ0n) is 29.1. The van der Waals surface area contributed by atoms with E-state index < -0.39 is 0 Å². The van der Waals surface area contributed by atoms with Crippen molar-refractivity contribution in [2.75, 3.05) is 0 Å². The number of aryl methyl sites for hydroxylation is 2. The molecule has 3 aromatic heterocycles. The molecule has 0 aliphatic heterocycles. The summed E-state index contributed by atoms with van der Waals surface area (Å²) in [5.74, 6) is 4.52. The van der Waals surface area contributed by atoms with Gasteiger partial charge in [-0.3, -0.25) is 0 Å². The molecule has 0 aliphatic rings. The zero-order chi connectivity index (χ0) is 36.1. The van der Waals surface area contributed by atoms with Gasteiger partial charge < -0.3 is 9.13 Å². The minimum absolute atomic E-state index is 0.585. The Kier molecular flexibility index (Phi) is 8.21. The molecule has 0 saturated carbocycles. The number of rotatable bonds is 6. The lowest BCUT2D eigenvalue weighted by atomic mass is 10.1. The van der Waals surface area contributed by atoms with Crippen LogP contribution < -0.4 is 0 Å². The number of nitrogens with zero attached hydrogens (tertiary/aromatic N) is 5. The van der Waals surface area contributed by atoms with Crippen LogP contribution in [0.4, 0.5) is 0 Å². The van der Waals surface area contributed by atoms with Gasteiger partial charge in [0.05, 0.1) is 22.2 Å². The van der Waals surface area contributed by atoms with E-state index in [1.165, 1.54) is 16.3 Å². The van der Waals surface area contributed by atoms with E-state index in [0.29, 0.717) is 17.5 Å². The van der Waals surface area contributed by atoms with E-state index in [0.717, 1.165) is 64.8 Å². The number of halogens is 1. The Balaban J connectivity index is 1.38. The van der Waals surface area contributed by atoms with E-state index in [4.69, 9.17) is 21.4 Å². The number of benzene rings is 6. The first-order valence-electron chi connectivity index (χ1n) is 17.4. The molecule has 6 aromatic carbocycles. The maximum Gasteiger partial charge on any atom is 0.164 e. The van der Waals surface area contributed by atoms with Gasteiger partial charge in [-0.15, -0.1) is 6.42 Å². The molecular weight excluding hydrogens is 761 g/mol. The van der Waals surface area contributed by atoms with Crippen molar-refractivity contribution in [1.82, 2.24) is 24.1 Å². The average Bonchev–Trinajstić information content (AvgIpc) is 3.68. The summed E-state index contributed by atoms with van der Waals surface area (Å²) in [5.41, 5.74) is 11.3. The van der Waals surface area contributed by atoms with E-state index >= 15 is 0 Å². The van der Waals surface area contributed by atoms with Gasteiger partial charge in [-0.1, -0.05) is 102 Å². The maximum absolute atomic E-state index is 5.77. The van der Waals surface area contributed by atoms with Gasteiger partial charge in [0.15, 0.2) is 17.5 Å². The standard InChI is InChI=1S/C47H32IN5/c1-4-5-15-41-31(3)38-12-6-9-16-42(38)52(41)36-27-34(28-37(29-36)53-43-17-10-7-13-39(43)40-14-8-11-18-44(40)53)47-50-45(32-21-19-30(2)20-22-32)49-46(51-47)33-23-25-35(48)26-24-33/h1,5-29H,2-3H3/b15-5-. The van der Waals surface area contributed by atoms with E-state index in [1.54, 1.807) is 6.08 Å². The van der Waals surface area contributed by atoms with Crippen molar-refractivity contribution in [2.24, 2.45) is 0 Å². The van der Waals surface area contributed by atoms with Gasteiger partial charge in [-0.05, 0) is 103 Å². The Morgan fingerprint density at radius 1 is 0.547 bits per heavy atom. The summed E-state index contributed by atoms with van der Waals surface area (Å²) in [6, 6.07) is 48.9. The lowest BCUT2D eigenvalue weighted by Crippen LogP contribution is -2.04. The monoisotopic (exact) mass is 793 g/mol. The molecule has 0 bridgehead atoms. The van der Waals surface area contributed by atoms with Crippen molar-refractivity contribution in [2.45, 2.75) is 13.8 Å². The van der Waals surface area contributed by atoms with Gasteiger partial charge in [0.25, 0.3) is 0 Å². The Hall–Kier alpha value is -6.30. The van der Waals surface area contributed by atoms with Crippen LogP contribution in [-0.4, -0.2) is 24.1 Å². The molecule has 53 heavy (non-hydrogen) atoms. The van der Waals surface area contributed by atoms with E-state index in [-0.39, 0.29) is 0 Å². The first-order chi connectivity index (χ1) is 26.0. The van der Waals surface area contributed by atoms with Gasteiger partial charge in [0.2, 0.25) is 0 Å². The normalized spacial score (nSPS) is 11.6. The molecular formula is C47H32IN5. The Morgan fingerprint density at radius 2 is 1.02 bits per heavy atom. The van der Waals surface area contributed by atoms with Crippen molar-refractivity contribution in [1.29, 1.82) is 0 Å². The van der Waals surface area contributed by atoms with Gasteiger partial charge in [0.1, 0.15) is 0 Å². The molecule has 0 unspecified atom stereocenters. The van der Waals surface area contributed by atoms with Crippen LogP contribution in [0, 0.1) is 29.8 Å². The number of allylic oxidation sites excluding steroid dienone is 1. The van der Waals surface area contributed by atoms with Crippen molar-refractivity contribution < 1.29 is 0 Å². The number of hydrogen-bond acceptors (Lipinski definition) is 3. The minimum atomic E-state index is 0.585. The molecule has 0 spiro atoms. The molecule has 6 heteroatoms.